The monoisotopic (exact) mass is 733 g/mol. The average Bonchev–Trinajstić information content (AvgIpc) is 3.05. The number of carbonyl (C=O) groups is 1. The lowest BCUT2D eigenvalue weighted by Crippen LogP contribution is -2.60. The van der Waals surface area contributed by atoms with E-state index in [0.29, 0.717) is 25.8 Å². The summed E-state index contributed by atoms with van der Waals surface area (Å²) in [5.74, 6) is -2.48. The van der Waals surface area contributed by atoms with E-state index in [1.165, 1.54) is 7.11 Å². The van der Waals surface area contributed by atoms with Gasteiger partial charge in [-0.25, -0.2) is 0 Å². The van der Waals surface area contributed by atoms with Gasteiger partial charge in [0.05, 0.1) is 47.6 Å². The van der Waals surface area contributed by atoms with Crippen LogP contribution in [-0.4, -0.2) is 156 Å². The first-order valence-electron chi connectivity index (χ1n) is 19.1. The molecule has 0 unspecified atom stereocenters. The SMILES string of the molecule is CC[C@H]1OC(=O)[C@H](C)[C@H](O[C@H]2C[C@@](C)(OC)[C@@H](O)[C@H](C)O2)[C@H](C)[C@@H](O[C@@H]2O[C@H](C)C[C@H](N(C)C)[C@H]2O)[C@](C)(O)C[C@@H](C)CN(C)[C@H](C)[C@H](O)[C@H]1C. The molecule has 0 aliphatic carbocycles. The summed E-state index contributed by atoms with van der Waals surface area (Å²) in [5.41, 5.74) is -2.48. The van der Waals surface area contributed by atoms with Crippen LogP contribution in [0.25, 0.3) is 0 Å². The van der Waals surface area contributed by atoms with Crippen molar-refractivity contribution in [3.63, 3.8) is 0 Å². The first kappa shape index (κ1) is 44.4. The predicted molar refractivity (Wildman–Crippen MR) is 193 cm³/mol. The number of esters is 1. The molecule has 0 aromatic heterocycles. The summed E-state index contributed by atoms with van der Waals surface area (Å²) >= 11 is 0. The van der Waals surface area contributed by atoms with Crippen molar-refractivity contribution >= 4 is 5.97 Å². The van der Waals surface area contributed by atoms with Crippen LogP contribution >= 0.6 is 0 Å². The number of hydrogen-bond acceptors (Lipinski definition) is 13. The van der Waals surface area contributed by atoms with E-state index >= 15 is 0 Å². The normalized spacial score (nSPS) is 48.9. The van der Waals surface area contributed by atoms with Gasteiger partial charge in [0.25, 0.3) is 0 Å². The third kappa shape index (κ3) is 10.4. The molecule has 300 valence electrons. The van der Waals surface area contributed by atoms with Crippen LogP contribution in [0.3, 0.4) is 0 Å². The van der Waals surface area contributed by atoms with Gasteiger partial charge in [0, 0.05) is 44.0 Å². The van der Waals surface area contributed by atoms with Crippen molar-refractivity contribution in [2.75, 3.05) is 34.8 Å². The first-order valence-corrected chi connectivity index (χ1v) is 19.1. The fourth-order valence-electron chi connectivity index (χ4n) is 8.69. The molecule has 0 saturated carbocycles. The summed E-state index contributed by atoms with van der Waals surface area (Å²) in [4.78, 5) is 18.2. The third-order valence-electron chi connectivity index (χ3n) is 12.2. The Morgan fingerprint density at radius 2 is 1.57 bits per heavy atom. The Bertz CT molecular complexity index is 1100. The van der Waals surface area contributed by atoms with Gasteiger partial charge in [-0.15, -0.1) is 0 Å². The Hall–Kier alpha value is -0.970. The molecule has 3 fully saturated rings. The van der Waals surface area contributed by atoms with Crippen molar-refractivity contribution in [1.82, 2.24) is 9.80 Å². The predicted octanol–water partition coefficient (Wildman–Crippen LogP) is 2.79. The summed E-state index contributed by atoms with van der Waals surface area (Å²) in [6, 6.07) is -0.498. The van der Waals surface area contributed by atoms with E-state index in [-0.39, 0.29) is 36.4 Å². The molecule has 18 atom stereocenters. The van der Waals surface area contributed by atoms with Gasteiger partial charge < -0.3 is 58.6 Å². The zero-order valence-corrected chi connectivity index (χ0v) is 33.8. The second-order valence-corrected chi connectivity index (χ2v) is 16.9. The maximum atomic E-state index is 14.2. The smallest absolute Gasteiger partial charge is 0.311 e. The molecule has 0 amide bonds. The highest BCUT2D eigenvalue weighted by Crippen LogP contribution is 2.40. The summed E-state index contributed by atoms with van der Waals surface area (Å²) in [5, 5.41) is 46.4. The number of aliphatic hydroxyl groups is 4. The lowest BCUT2D eigenvalue weighted by molar-refractivity contribution is -0.317. The second kappa shape index (κ2) is 18.1. The molecule has 0 radical (unpaired) electrons. The fourth-order valence-corrected chi connectivity index (χ4v) is 8.69. The van der Waals surface area contributed by atoms with Crippen LogP contribution in [0.5, 0.6) is 0 Å². The maximum Gasteiger partial charge on any atom is 0.311 e. The second-order valence-electron chi connectivity index (χ2n) is 16.9. The lowest BCUT2D eigenvalue weighted by Gasteiger charge is -2.48. The molecule has 51 heavy (non-hydrogen) atoms. The highest BCUT2D eigenvalue weighted by molar-refractivity contribution is 5.73. The number of nitrogens with zero attached hydrogens (tertiary/aromatic N) is 2. The minimum absolute atomic E-state index is 0.0490. The molecule has 3 aliphatic heterocycles. The molecule has 13 nitrogen and oxygen atoms in total. The van der Waals surface area contributed by atoms with E-state index in [9.17, 15) is 25.2 Å². The number of cyclic esters (lactones) is 1. The Kier molecular flexibility index (Phi) is 15.8. The van der Waals surface area contributed by atoms with Gasteiger partial charge in [0.2, 0.25) is 0 Å². The van der Waals surface area contributed by atoms with E-state index in [1.807, 2.05) is 60.7 Å². The first-order chi connectivity index (χ1) is 23.6. The van der Waals surface area contributed by atoms with Gasteiger partial charge in [0.1, 0.15) is 18.3 Å². The molecule has 3 saturated heterocycles. The largest absolute Gasteiger partial charge is 0.462 e. The van der Waals surface area contributed by atoms with Crippen molar-refractivity contribution < 1.29 is 53.6 Å². The highest BCUT2D eigenvalue weighted by atomic mass is 16.7. The molecule has 13 heteroatoms. The van der Waals surface area contributed by atoms with E-state index in [2.05, 4.69) is 11.8 Å². The van der Waals surface area contributed by atoms with E-state index in [1.54, 1.807) is 27.7 Å². The summed E-state index contributed by atoms with van der Waals surface area (Å²) in [7, 11) is 7.28. The standard InChI is InChI=1S/C38H72N2O11/c1-15-28-22(4)30(41)25(7)40(13)19-20(2)17-37(9,45)34(51-36-31(42)27(39(11)12)16-21(3)47-36)23(5)32(24(6)35(44)49-28)50-29-18-38(10,46-14)33(43)26(8)48-29/h20-34,36,41-43,45H,15-19H2,1-14H3/t20-,21-,22+,23+,24-,25-,26+,27+,28-,29+,30-,31-,32-,33+,34-,36+,37-,38-/m1/s1. The number of methoxy groups -OCH3 is 1. The van der Waals surface area contributed by atoms with Gasteiger partial charge in [-0.2, -0.15) is 0 Å². The number of hydrogen-bond donors (Lipinski definition) is 4. The molecular formula is C38H72N2O11. The fraction of sp³-hybridized carbons (Fsp3) is 0.974. The van der Waals surface area contributed by atoms with Gasteiger partial charge in [-0.3, -0.25) is 4.79 Å². The molecule has 0 bridgehead atoms. The van der Waals surface area contributed by atoms with Crippen LogP contribution in [0.2, 0.25) is 0 Å². The van der Waals surface area contributed by atoms with E-state index < -0.39 is 84.3 Å². The van der Waals surface area contributed by atoms with Crippen LogP contribution in [0.4, 0.5) is 0 Å². The Balaban J connectivity index is 2.15. The van der Waals surface area contributed by atoms with Gasteiger partial charge >= 0.3 is 5.97 Å². The van der Waals surface area contributed by atoms with Crippen molar-refractivity contribution in [1.29, 1.82) is 0 Å². The number of likely N-dealkylation sites (N-methyl/N-ethyl adjacent to an activating group) is 2. The van der Waals surface area contributed by atoms with Gasteiger partial charge in [-0.1, -0.05) is 27.7 Å². The van der Waals surface area contributed by atoms with Crippen molar-refractivity contribution in [3.8, 4) is 0 Å². The number of ether oxygens (including phenoxy) is 6. The van der Waals surface area contributed by atoms with Crippen LogP contribution in [0, 0.1) is 23.7 Å². The Morgan fingerprint density at radius 1 is 0.941 bits per heavy atom. The third-order valence-corrected chi connectivity index (χ3v) is 12.2. The number of aliphatic hydroxyl groups excluding tert-OH is 3. The Morgan fingerprint density at radius 3 is 2.14 bits per heavy atom. The van der Waals surface area contributed by atoms with E-state index in [0.717, 1.165) is 0 Å². The van der Waals surface area contributed by atoms with Crippen LogP contribution < -0.4 is 0 Å². The van der Waals surface area contributed by atoms with Crippen LogP contribution in [0.1, 0.15) is 94.9 Å². The zero-order valence-electron chi connectivity index (χ0n) is 33.8. The molecule has 3 rings (SSSR count). The minimum Gasteiger partial charge on any atom is -0.462 e. The molecular weight excluding hydrogens is 660 g/mol. The maximum absolute atomic E-state index is 14.2. The van der Waals surface area contributed by atoms with Gasteiger partial charge in [-0.05, 0) is 87.9 Å². The quantitative estimate of drug-likeness (QED) is 0.284. The van der Waals surface area contributed by atoms with Crippen molar-refractivity contribution in [2.45, 2.75) is 180 Å². The number of rotatable bonds is 7. The molecule has 0 spiro atoms. The highest BCUT2D eigenvalue weighted by Gasteiger charge is 2.51. The summed E-state index contributed by atoms with van der Waals surface area (Å²) in [6.07, 6.45) is -6.42. The average molecular weight is 733 g/mol. The van der Waals surface area contributed by atoms with Crippen molar-refractivity contribution in [3.05, 3.63) is 0 Å². The van der Waals surface area contributed by atoms with Crippen LogP contribution in [-0.2, 0) is 33.2 Å². The van der Waals surface area contributed by atoms with Crippen molar-refractivity contribution in [2.24, 2.45) is 23.7 Å². The van der Waals surface area contributed by atoms with Crippen LogP contribution in [0.15, 0.2) is 0 Å². The summed E-state index contributed by atoms with van der Waals surface area (Å²) < 4.78 is 37.8. The molecule has 0 aromatic carbocycles. The van der Waals surface area contributed by atoms with E-state index in [4.69, 9.17) is 28.4 Å². The lowest BCUT2D eigenvalue weighted by atomic mass is 9.77. The molecule has 3 aliphatic rings. The molecule has 3 heterocycles. The molecule has 4 N–H and O–H groups in total. The molecule has 0 aromatic rings. The van der Waals surface area contributed by atoms with Gasteiger partial charge in [0.15, 0.2) is 12.6 Å². The minimum atomic E-state index is -1.50. The Labute approximate surface area is 307 Å². The topological polar surface area (TPSA) is 160 Å². The number of carbonyl (C=O) groups excluding carboxylic acids is 1. The summed E-state index contributed by atoms with van der Waals surface area (Å²) in [6.45, 7) is 19.2. The zero-order chi connectivity index (χ0) is 38.7.